The summed E-state index contributed by atoms with van der Waals surface area (Å²) in [7, 11) is 0. The Morgan fingerprint density at radius 1 is 1.27 bits per heavy atom. The van der Waals surface area contributed by atoms with Crippen LogP contribution < -0.4 is 10.1 Å². The van der Waals surface area contributed by atoms with E-state index in [-0.39, 0.29) is 29.9 Å². The highest BCUT2D eigenvalue weighted by atomic mass is 79.9. The summed E-state index contributed by atoms with van der Waals surface area (Å²) >= 11 is 3.77. The van der Waals surface area contributed by atoms with Crippen LogP contribution in [0.5, 0.6) is 5.75 Å². The standard InChI is InChI=1S/C26H33BrN2O4/c1-17(2)33-22-9-4-3-6-18(22)16-28-25(32)29-12-10-26(11-13-29)15-19(14-23(30)31)20-7-5-8-21(27)24(20)26/h3-4,6,8-9,17,19H,5,7,10-16H2,1-2H3,(H,28,32)(H,30,31). The van der Waals surface area contributed by atoms with E-state index in [2.05, 4.69) is 27.3 Å². The molecule has 2 N–H and O–H groups in total. The Kier molecular flexibility index (Phi) is 7.17. The minimum atomic E-state index is -0.729. The van der Waals surface area contributed by atoms with Crippen LogP contribution in [0, 0.1) is 11.3 Å². The molecule has 1 aromatic rings. The van der Waals surface area contributed by atoms with Crippen molar-refractivity contribution in [1.82, 2.24) is 10.2 Å². The van der Waals surface area contributed by atoms with Crippen LogP contribution in [0.2, 0.25) is 0 Å². The fourth-order valence-corrected chi connectivity index (χ4v) is 6.64. The van der Waals surface area contributed by atoms with Crippen LogP contribution in [0.15, 0.2) is 46.0 Å². The van der Waals surface area contributed by atoms with Crippen LogP contribution in [0.1, 0.15) is 57.9 Å². The average Bonchev–Trinajstić information content (AvgIpc) is 3.06. The molecular formula is C26H33BrN2O4. The molecule has 1 spiro atoms. The van der Waals surface area contributed by atoms with E-state index in [1.165, 1.54) is 11.1 Å². The second-order valence-electron chi connectivity index (χ2n) is 9.69. The zero-order chi connectivity index (χ0) is 23.6. The topological polar surface area (TPSA) is 78.9 Å². The Hall–Kier alpha value is -2.28. The molecule has 1 saturated heterocycles. The van der Waals surface area contributed by atoms with Gasteiger partial charge in [0.2, 0.25) is 0 Å². The maximum atomic E-state index is 12.9. The Morgan fingerprint density at radius 3 is 2.70 bits per heavy atom. The van der Waals surface area contributed by atoms with Crippen molar-refractivity contribution in [2.24, 2.45) is 11.3 Å². The van der Waals surface area contributed by atoms with Crippen molar-refractivity contribution in [2.75, 3.05) is 13.1 Å². The van der Waals surface area contributed by atoms with Gasteiger partial charge in [0, 0.05) is 35.1 Å². The molecule has 6 nitrogen and oxygen atoms in total. The van der Waals surface area contributed by atoms with Crippen LogP contribution in [-0.4, -0.2) is 41.2 Å². The normalized spacial score (nSPS) is 21.8. The first kappa shape index (κ1) is 23.9. The molecule has 2 aliphatic carbocycles. The molecule has 1 aliphatic heterocycles. The third-order valence-electron chi connectivity index (χ3n) is 7.15. The molecule has 178 valence electrons. The molecule has 1 unspecified atom stereocenters. The number of rotatable bonds is 6. The van der Waals surface area contributed by atoms with Gasteiger partial charge in [-0.2, -0.15) is 0 Å². The van der Waals surface area contributed by atoms with Gasteiger partial charge in [0.15, 0.2) is 0 Å². The Morgan fingerprint density at radius 2 is 2.00 bits per heavy atom. The van der Waals surface area contributed by atoms with Gasteiger partial charge < -0.3 is 20.1 Å². The van der Waals surface area contributed by atoms with Gasteiger partial charge in [-0.05, 0) is 63.5 Å². The number of hydrogen-bond donors (Lipinski definition) is 2. The minimum absolute atomic E-state index is 0.0281. The summed E-state index contributed by atoms with van der Waals surface area (Å²) in [4.78, 5) is 26.3. The molecule has 0 radical (unpaired) electrons. The molecular weight excluding hydrogens is 484 g/mol. The Labute approximate surface area is 204 Å². The number of nitrogens with one attached hydrogen (secondary N) is 1. The van der Waals surface area contributed by atoms with Gasteiger partial charge in [0.25, 0.3) is 0 Å². The number of ether oxygens (including phenoxy) is 1. The number of halogens is 1. The van der Waals surface area contributed by atoms with E-state index in [4.69, 9.17) is 4.74 Å². The monoisotopic (exact) mass is 516 g/mol. The van der Waals surface area contributed by atoms with E-state index in [1.807, 2.05) is 43.0 Å². The number of allylic oxidation sites excluding steroid dienone is 4. The van der Waals surface area contributed by atoms with Gasteiger partial charge in [-0.1, -0.05) is 45.8 Å². The molecule has 7 heteroatoms. The van der Waals surface area contributed by atoms with Crippen molar-refractivity contribution in [2.45, 2.75) is 65.0 Å². The molecule has 0 aromatic heterocycles. The molecule has 1 heterocycles. The van der Waals surface area contributed by atoms with Gasteiger partial charge in [-0.3, -0.25) is 4.79 Å². The van der Waals surface area contributed by atoms with Crippen LogP contribution >= 0.6 is 15.9 Å². The number of carbonyl (C=O) groups excluding carboxylic acids is 1. The summed E-state index contributed by atoms with van der Waals surface area (Å²) in [6.45, 7) is 5.75. The van der Waals surface area contributed by atoms with Crippen LogP contribution in [0.4, 0.5) is 4.79 Å². The quantitative estimate of drug-likeness (QED) is 0.513. The first-order valence-corrected chi connectivity index (χ1v) is 12.7. The van der Waals surface area contributed by atoms with E-state index in [0.29, 0.717) is 19.6 Å². The number of hydrogen-bond acceptors (Lipinski definition) is 3. The van der Waals surface area contributed by atoms with E-state index in [9.17, 15) is 14.7 Å². The molecule has 33 heavy (non-hydrogen) atoms. The summed E-state index contributed by atoms with van der Waals surface area (Å²) in [6, 6.07) is 7.74. The fraction of sp³-hybridized carbons (Fsp3) is 0.538. The number of amides is 2. The van der Waals surface area contributed by atoms with Crippen LogP contribution in [-0.2, 0) is 11.3 Å². The molecule has 1 fully saturated rings. The zero-order valence-corrected chi connectivity index (χ0v) is 21.0. The molecule has 0 saturated carbocycles. The minimum Gasteiger partial charge on any atom is -0.491 e. The number of fused-ring (bicyclic) bond motifs is 1. The van der Waals surface area contributed by atoms with Crippen molar-refractivity contribution in [3.05, 3.63) is 51.5 Å². The van der Waals surface area contributed by atoms with Crippen molar-refractivity contribution < 1.29 is 19.4 Å². The number of benzene rings is 1. The van der Waals surface area contributed by atoms with Gasteiger partial charge in [-0.15, -0.1) is 0 Å². The number of para-hydroxylation sites is 1. The molecule has 4 rings (SSSR count). The number of carboxylic acid groups (broad SMARTS) is 1. The van der Waals surface area contributed by atoms with Gasteiger partial charge in [0.05, 0.1) is 12.5 Å². The number of likely N-dealkylation sites (tertiary alicyclic amines) is 1. The zero-order valence-electron chi connectivity index (χ0n) is 19.4. The lowest BCUT2D eigenvalue weighted by molar-refractivity contribution is -0.137. The van der Waals surface area contributed by atoms with Crippen molar-refractivity contribution in [3.8, 4) is 5.75 Å². The first-order valence-electron chi connectivity index (χ1n) is 11.9. The second-order valence-corrected chi connectivity index (χ2v) is 10.5. The summed E-state index contributed by atoms with van der Waals surface area (Å²) in [5.41, 5.74) is 3.59. The average molecular weight is 517 g/mol. The Balaban J connectivity index is 1.40. The summed E-state index contributed by atoms with van der Waals surface area (Å²) in [5, 5.41) is 12.5. The summed E-state index contributed by atoms with van der Waals surface area (Å²) in [6.07, 6.45) is 7.01. The lowest BCUT2D eigenvalue weighted by Crippen LogP contribution is -2.47. The predicted octanol–water partition coefficient (Wildman–Crippen LogP) is 5.63. The second kappa shape index (κ2) is 9.92. The first-order chi connectivity index (χ1) is 15.8. The highest BCUT2D eigenvalue weighted by Crippen LogP contribution is 2.59. The third-order valence-corrected chi connectivity index (χ3v) is 7.87. The van der Waals surface area contributed by atoms with Gasteiger partial charge in [0.1, 0.15) is 5.75 Å². The number of aliphatic carboxylic acids is 1. The van der Waals surface area contributed by atoms with Crippen LogP contribution in [0.25, 0.3) is 0 Å². The molecule has 3 aliphatic rings. The number of carboxylic acids is 1. The predicted molar refractivity (Wildman–Crippen MR) is 131 cm³/mol. The number of nitrogens with zero attached hydrogens (tertiary/aromatic N) is 1. The lowest BCUT2D eigenvalue weighted by Gasteiger charge is -2.42. The van der Waals surface area contributed by atoms with E-state index in [1.54, 1.807) is 0 Å². The van der Waals surface area contributed by atoms with Gasteiger partial charge in [-0.25, -0.2) is 4.79 Å². The number of carbonyl (C=O) groups is 2. The molecule has 2 amide bonds. The van der Waals surface area contributed by atoms with Crippen LogP contribution in [0.3, 0.4) is 0 Å². The summed E-state index contributed by atoms with van der Waals surface area (Å²) < 4.78 is 7.00. The maximum absolute atomic E-state index is 12.9. The maximum Gasteiger partial charge on any atom is 0.317 e. The summed E-state index contributed by atoms with van der Waals surface area (Å²) in [5.74, 6) is 0.180. The highest BCUT2D eigenvalue weighted by Gasteiger charge is 2.49. The molecule has 1 atom stereocenters. The number of urea groups is 1. The lowest BCUT2D eigenvalue weighted by atomic mass is 9.71. The smallest absolute Gasteiger partial charge is 0.317 e. The number of piperidine rings is 1. The SMILES string of the molecule is CC(C)Oc1ccccc1CNC(=O)N1CCC2(CC1)CC(CC(=O)O)C1=C2C(Br)=CCC1. The van der Waals surface area contributed by atoms with Crippen molar-refractivity contribution in [1.29, 1.82) is 0 Å². The largest absolute Gasteiger partial charge is 0.491 e. The fourth-order valence-electron chi connectivity index (χ4n) is 5.73. The molecule has 0 bridgehead atoms. The third kappa shape index (κ3) is 5.13. The highest BCUT2D eigenvalue weighted by molar-refractivity contribution is 9.12. The van der Waals surface area contributed by atoms with Crippen molar-refractivity contribution >= 4 is 27.9 Å². The molecule has 1 aromatic carbocycles. The van der Waals surface area contributed by atoms with E-state index >= 15 is 0 Å². The van der Waals surface area contributed by atoms with E-state index < -0.39 is 5.97 Å². The van der Waals surface area contributed by atoms with E-state index in [0.717, 1.165) is 47.9 Å². The van der Waals surface area contributed by atoms with Crippen molar-refractivity contribution in [3.63, 3.8) is 0 Å². The van der Waals surface area contributed by atoms with Gasteiger partial charge >= 0.3 is 12.0 Å². The Bertz CT molecular complexity index is 976.